The summed E-state index contributed by atoms with van der Waals surface area (Å²) in [5.41, 5.74) is 4.10. The van der Waals surface area contributed by atoms with E-state index in [1.807, 2.05) is 25.3 Å². The predicted molar refractivity (Wildman–Crippen MR) is 117 cm³/mol. The first-order valence-corrected chi connectivity index (χ1v) is 12.5. The summed E-state index contributed by atoms with van der Waals surface area (Å²) in [5, 5.41) is 6.93. The third-order valence-electron chi connectivity index (χ3n) is 4.97. The number of aromatic nitrogens is 1. The summed E-state index contributed by atoms with van der Waals surface area (Å²) in [6.45, 7) is 4.41. The predicted octanol–water partition coefficient (Wildman–Crippen LogP) is 4.28. The first kappa shape index (κ1) is 20.2. The highest BCUT2D eigenvalue weighted by Crippen LogP contribution is 2.31. The summed E-state index contributed by atoms with van der Waals surface area (Å²) < 4.78 is 27.3. The van der Waals surface area contributed by atoms with Crippen LogP contribution in [0.25, 0.3) is 11.3 Å². The van der Waals surface area contributed by atoms with E-state index < -0.39 is 16.1 Å². The van der Waals surface area contributed by atoms with Crippen LogP contribution in [0.4, 0.5) is 5.13 Å². The van der Waals surface area contributed by atoms with Gasteiger partial charge in [-0.1, -0.05) is 23.8 Å². The fourth-order valence-electron chi connectivity index (χ4n) is 3.47. The zero-order valence-electron chi connectivity index (χ0n) is 16.1. The van der Waals surface area contributed by atoms with Crippen LogP contribution in [0.2, 0.25) is 0 Å². The molecule has 1 aromatic carbocycles. The van der Waals surface area contributed by atoms with Crippen LogP contribution >= 0.6 is 22.7 Å². The standard InChI is InChI=1S/C20H21N3O3S3/c1-13-7-8-14(2)15(11-13)16-12-28-20(21-16)22-19(24)17-5-3-9-23(17)29(25,26)18-6-4-10-27-18/h4,6-8,10-12,17H,3,5,9H2,1-2H3,(H,21,22,24). The van der Waals surface area contributed by atoms with E-state index in [9.17, 15) is 13.2 Å². The van der Waals surface area contributed by atoms with Crippen LogP contribution < -0.4 is 5.32 Å². The number of nitrogens with zero attached hydrogens (tertiary/aromatic N) is 2. The van der Waals surface area contributed by atoms with E-state index in [0.717, 1.165) is 22.4 Å². The second-order valence-electron chi connectivity index (χ2n) is 7.05. The number of thiazole rings is 1. The van der Waals surface area contributed by atoms with Crippen LogP contribution in [0.15, 0.2) is 45.3 Å². The maximum atomic E-state index is 12.9. The quantitative estimate of drug-likeness (QED) is 0.633. The highest BCUT2D eigenvalue weighted by molar-refractivity contribution is 7.91. The van der Waals surface area contributed by atoms with Gasteiger partial charge in [0.15, 0.2) is 5.13 Å². The lowest BCUT2D eigenvalue weighted by Crippen LogP contribution is -2.42. The Balaban J connectivity index is 1.52. The van der Waals surface area contributed by atoms with Gasteiger partial charge in [-0.25, -0.2) is 13.4 Å². The number of benzene rings is 1. The average Bonchev–Trinajstić information content (AvgIpc) is 3.45. The molecule has 0 saturated carbocycles. The number of anilines is 1. The number of thiophene rings is 1. The summed E-state index contributed by atoms with van der Waals surface area (Å²) in [4.78, 5) is 17.4. The minimum atomic E-state index is -3.66. The van der Waals surface area contributed by atoms with Crippen molar-refractivity contribution in [3.63, 3.8) is 0 Å². The molecule has 6 nitrogen and oxygen atoms in total. The fraction of sp³-hybridized carbons (Fsp3) is 0.300. The highest BCUT2D eigenvalue weighted by Gasteiger charge is 2.40. The van der Waals surface area contributed by atoms with Crippen molar-refractivity contribution in [3.05, 3.63) is 52.2 Å². The molecule has 3 heterocycles. The summed E-state index contributed by atoms with van der Waals surface area (Å²) >= 11 is 2.51. The third-order valence-corrected chi connectivity index (χ3v) is 9.01. The molecular formula is C20H21N3O3S3. The van der Waals surface area contributed by atoms with E-state index in [-0.39, 0.29) is 10.1 Å². The Morgan fingerprint density at radius 2 is 2.07 bits per heavy atom. The van der Waals surface area contributed by atoms with Crippen molar-refractivity contribution >= 4 is 43.7 Å². The molecule has 0 aliphatic carbocycles. The molecule has 2 aromatic heterocycles. The number of sulfonamides is 1. The lowest BCUT2D eigenvalue weighted by molar-refractivity contribution is -0.119. The third kappa shape index (κ3) is 4.00. The minimum absolute atomic E-state index is 0.267. The Bertz CT molecular complexity index is 1140. The van der Waals surface area contributed by atoms with Gasteiger partial charge in [-0.05, 0) is 49.8 Å². The van der Waals surface area contributed by atoms with Crippen LogP contribution in [-0.4, -0.2) is 36.2 Å². The van der Waals surface area contributed by atoms with Gasteiger partial charge >= 0.3 is 0 Å². The number of aryl methyl sites for hydroxylation is 2. The Labute approximate surface area is 178 Å². The van der Waals surface area contributed by atoms with E-state index in [0.29, 0.717) is 24.5 Å². The van der Waals surface area contributed by atoms with Gasteiger partial charge in [0, 0.05) is 17.5 Å². The zero-order valence-corrected chi connectivity index (χ0v) is 18.5. The van der Waals surface area contributed by atoms with Crippen molar-refractivity contribution in [3.8, 4) is 11.3 Å². The molecule has 1 fully saturated rings. The van der Waals surface area contributed by atoms with E-state index in [2.05, 4.69) is 22.4 Å². The number of hydrogen-bond acceptors (Lipinski definition) is 6. The monoisotopic (exact) mass is 447 g/mol. The normalized spacial score (nSPS) is 17.5. The van der Waals surface area contributed by atoms with Crippen molar-refractivity contribution in [2.24, 2.45) is 0 Å². The van der Waals surface area contributed by atoms with Gasteiger partial charge in [-0.15, -0.1) is 22.7 Å². The molecule has 1 amide bonds. The molecule has 0 radical (unpaired) electrons. The Morgan fingerprint density at radius 1 is 1.24 bits per heavy atom. The molecule has 1 unspecified atom stereocenters. The Hall–Kier alpha value is -2.07. The number of carbonyl (C=O) groups is 1. The second kappa shape index (κ2) is 7.98. The van der Waals surface area contributed by atoms with Crippen molar-refractivity contribution < 1.29 is 13.2 Å². The molecule has 1 atom stereocenters. The summed E-state index contributed by atoms with van der Waals surface area (Å²) in [6.07, 6.45) is 1.17. The van der Waals surface area contributed by atoms with E-state index in [1.54, 1.807) is 17.5 Å². The van der Waals surface area contributed by atoms with E-state index >= 15 is 0 Å². The molecule has 1 aliphatic heterocycles. The van der Waals surface area contributed by atoms with Crippen LogP contribution in [0, 0.1) is 13.8 Å². The minimum Gasteiger partial charge on any atom is -0.301 e. The summed E-state index contributed by atoms with van der Waals surface area (Å²) in [5.74, 6) is -0.329. The Kier molecular flexibility index (Phi) is 5.56. The highest BCUT2D eigenvalue weighted by atomic mass is 32.2. The fourth-order valence-corrected chi connectivity index (χ4v) is 6.96. The first-order chi connectivity index (χ1) is 13.9. The van der Waals surface area contributed by atoms with Gasteiger partial charge < -0.3 is 5.32 Å². The topological polar surface area (TPSA) is 79.4 Å². The molecule has 29 heavy (non-hydrogen) atoms. The van der Waals surface area contributed by atoms with Crippen LogP contribution in [-0.2, 0) is 14.8 Å². The number of nitrogens with one attached hydrogen (secondary N) is 1. The van der Waals surface area contributed by atoms with Gasteiger partial charge in [0.05, 0.1) is 5.69 Å². The maximum Gasteiger partial charge on any atom is 0.253 e. The molecule has 1 N–H and O–H groups in total. The zero-order chi connectivity index (χ0) is 20.6. The van der Waals surface area contributed by atoms with Crippen LogP contribution in [0.1, 0.15) is 24.0 Å². The average molecular weight is 448 g/mol. The number of amides is 1. The number of rotatable bonds is 5. The smallest absolute Gasteiger partial charge is 0.253 e. The van der Waals surface area contributed by atoms with Gasteiger partial charge in [-0.2, -0.15) is 4.31 Å². The SMILES string of the molecule is Cc1ccc(C)c(-c2csc(NC(=O)C3CCCN3S(=O)(=O)c3cccs3)n2)c1. The first-order valence-electron chi connectivity index (χ1n) is 9.25. The largest absolute Gasteiger partial charge is 0.301 e. The van der Waals surface area contributed by atoms with Gasteiger partial charge in [0.1, 0.15) is 10.3 Å². The van der Waals surface area contributed by atoms with E-state index in [1.165, 1.54) is 27.0 Å². The maximum absolute atomic E-state index is 12.9. The molecule has 9 heteroatoms. The molecule has 0 bridgehead atoms. The summed E-state index contributed by atoms with van der Waals surface area (Å²) in [6, 6.07) is 8.74. The number of hydrogen-bond donors (Lipinski definition) is 1. The lowest BCUT2D eigenvalue weighted by Gasteiger charge is -2.22. The van der Waals surface area contributed by atoms with Gasteiger partial charge in [0.2, 0.25) is 5.91 Å². The van der Waals surface area contributed by atoms with E-state index in [4.69, 9.17) is 0 Å². The molecule has 4 rings (SSSR count). The van der Waals surface area contributed by atoms with Gasteiger partial charge in [-0.3, -0.25) is 4.79 Å². The molecule has 1 aliphatic rings. The lowest BCUT2D eigenvalue weighted by atomic mass is 10.0. The van der Waals surface area contributed by atoms with Crippen LogP contribution in [0.5, 0.6) is 0 Å². The van der Waals surface area contributed by atoms with Crippen LogP contribution in [0.3, 0.4) is 0 Å². The Morgan fingerprint density at radius 3 is 2.83 bits per heavy atom. The van der Waals surface area contributed by atoms with Crippen molar-refractivity contribution in [2.75, 3.05) is 11.9 Å². The van der Waals surface area contributed by atoms with Crippen molar-refractivity contribution in [2.45, 2.75) is 36.9 Å². The molecular weight excluding hydrogens is 426 g/mol. The van der Waals surface area contributed by atoms with Crippen molar-refractivity contribution in [1.82, 2.24) is 9.29 Å². The molecule has 0 spiro atoms. The molecule has 1 saturated heterocycles. The molecule has 152 valence electrons. The number of carbonyl (C=O) groups excluding carboxylic acids is 1. The van der Waals surface area contributed by atoms with Gasteiger partial charge in [0.25, 0.3) is 10.0 Å². The van der Waals surface area contributed by atoms with Crippen molar-refractivity contribution in [1.29, 1.82) is 0 Å². The molecule has 3 aromatic rings. The summed E-state index contributed by atoms with van der Waals surface area (Å²) in [7, 11) is -3.66. The second-order valence-corrected chi connectivity index (χ2v) is 11.0.